The van der Waals surface area contributed by atoms with Crippen LogP contribution in [-0.4, -0.2) is 15.9 Å². The third kappa shape index (κ3) is 3.16. The van der Waals surface area contributed by atoms with Crippen LogP contribution in [0.5, 0.6) is 0 Å². The highest BCUT2D eigenvalue weighted by Gasteiger charge is 2.14. The number of rotatable bonds is 2. The normalized spacial score (nSPS) is 10.3. The molecule has 2 aromatic heterocycles. The number of anilines is 1. The fourth-order valence-electron chi connectivity index (χ4n) is 1.05. The summed E-state index contributed by atoms with van der Waals surface area (Å²) in [7, 11) is 0. The molecule has 4 nitrogen and oxygen atoms in total. The van der Waals surface area contributed by atoms with Crippen LogP contribution < -0.4 is 5.32 Å². The van der Waals surface area contributed by atoms with Gasteiger partial charge in [0, 0.05) is 0 Å². The number of carbonyl (C=O) groups is 1. The molecule has 0 aliphatic heterocycles. The van der Waals surface area contributed by atoms with E-state index in [-0.39, 0.29) is 15.9 Å². The van der Waals surface area contributed by atoms with Gasteiger partial charge in [-0.3, -0.25) is 10.1 Å². The monoisotopic (exact) mass is 351 g/mol. The molecule has 88 valence electrons. The van der Waals surface area contributed by atoms with Crippen molar-refractivity contribution in [3.8, 4) is 0 Å². The standard InChI is InChI=1S/C9H4BrCl2N3OS/c10-5-3-13-9(17-5)15-8(16)7-4(11)1-2-6(12)14-7/h1-3H,(H,13,15,16). The van der Waals surface area contributed by atoms with Crippen molar-refractivity contribution in [1.29, 1.82) is 0 Å². The molecule has 8 heteroatoms. The highest BCUT2D eigenvalue weighted by atomic mass is 79.9. The maximum absolute atomic E-state index is 11.8. The van der Waals surface area contributed by atoms with Gasteiger partial charge >= 0.3 is 0 Å². The summed E-state index contributed by atoms with van der Waals surface area (Å²) < 4.78 is 0.818. The first-order valence-electron chi connectivity index (χ1n) is 4.31. The van der Waals surface area contributed by atoms with Crippen LogP contribution >= 0.6 is 50.5 Å². The van der Waals surface area contributed by atoms with Crippen LogP contribution in [0.4, 0.5) is 5.13 Å². The van der Waals surface area contributed by atoms with E-state index in [1.54, 1.807) is 6.20 Å². The summed E-state index contributed by atoms with van der Waals surface area (Å²) in [6.45, 7) is 0. The predicted octanol–water partition coefficient (Wildman–Crippen LogP) is 3.86. The average Bonchev–Trinajstić information content (AvgIpc) is 2.67. The van der Waals surface area contributed by atoms with E-state index in [1.165, 1.54) is 23.5 Å². The van der Waals surface area contributed by atoms with E-state index in [1.807, 2.05) is 0 Å². The molecule has 0 atom stereocenters. The Balaban J connectivity index is 2.22. The van der Waals surface area contributed by atoms with Gasteiger partial charge in [0.05, 0.1) is 15.0 Å². The molecule has 0 bridgehead atoms. The Labute approximate surface area is 119 Å². The largest absolute Gasteiger partial charge is 0.296 e. The number of halogens is 3. The van der Waals surface area contributed by atoms with Crippen molar-refractivity contribution < 1.29 is 4.79 Å². The lowest BCUT2D eigenvalue weighted by atomic mass is 10.3. The second-order valence-corrected chi connectivity index (χ2v) is 6.09. The summed E-state index contributed by atoms with van der Waals surface area (Å²) in [5.74, 6) is -0.445. The number of carbonyl (C=O) groups excluding carboxylic acids is 1. The van der Waals surface area contributed by atoms with E-state index in [0.717, 1.165) is 3.79 Å². The fourth-order valence-corrected chi connectivity index (χ4v) is 2.49. The highest BCUT2D eigenvalue weighted by molar-refractivity contribution is 9.11. The second kappa shape index (κ2) is 5.30. The second-order valence-electron chi connectivity index (χ2n) is 2.89. The lowest BCUT2D eigenvalue weighted by Gasteiger charge is -2.03. The predicted molar refractivity (Wildman–Crippen MR) is 72.0 cm³/mol. The van der Waals surface area contributed by atoms with Crippen molar-refractivity contribution in [2.24, 2.45) is 0 Å². The van der Waals surface area contributed by atoms with Gasteiger partial charge in [-0.05, 0) is 28.1 Å². The zero-order valence-electron chi connectivity index (χ0n) is 8.08. The Bertz CT molecular complexity index is 575. The zero-order valence-corrected chi connectivity index (χ0v) is 12.0. The van der Waals surface area contributed by atoms with Gasteiger partial charge in [-0.15, -0.1) is 0 Å². The molecular weight excluding hydrogens is 349 g/mol. The van der Waals surface area contributed by atoms with Gasteiger partial charge in [0.25, 0.3) is 5.91 Å². The summed E-state index contributed by atoms with van der Waals surface area (Å²) in [4.78, 5) is 19.7. The van der Waals surface area contributed by atoms with Crippen molar-refractivity contribution in [3.63, 3.8) is 0 Å². The average molecular weight is 353 g/mol. The number of aromatic nitrogens is 2. The number of nitrogens with one attached hydrogen (secondary N) is 1. The van der Waals surface area contributed by atoms with E-state index < -0.39 is 5.91 Å². The maximum Gasteiger partial charge on any atom is 0.277 e. The molecule has 2 rings (SSSR count). The Morgan fingerprint density at radius 1 is 1.41 bits per heavy atom. The van der Waals surface area contributed by atoms with Crippen molar-refractivity contribution in [1.82, 2.24) is 9.97 Å². The van der Waals surface area contributed by atoms with Crippen LogP contribution in [0.15, 0.2) is 22.1 Å². The summed E-state index contributed by atoms with van der Waals surface area (Å²) >= 11 is 16.1. The Morgan fingerprint density at radius 2 is 2.18 bits per heavy atom. The van der Waals surface area contributed by atoms with E-state index in [2.05, 4.69) is 31.2 Å². The molecule has 0 spiro atoms. The van der Waals surface area contributed by atoms with Crippen molar-refractivity contribution in [3.05, 3.63) is 38.0 Å². The van der Waals surface area contributed by atoms with Crippen molar-refractivity contribution in [2.45, 2.75) is 0 Å². The molecule has 0 saturated carbocycles. The number of nitrogens with zero attached hydrogens (tertiary/aromatic N) is 2. The Hall–Kier alpha value is -0.690. The summed E-state index contributed by atoms with van der Waals surface area (Å²) in [6.07, 6.45) is 1.59. The van der Waals surface area contributed by atoms with Crippen LogP contribution in [0.2, 0.25) is 10.2 Å². The maximum atomic E-state index is 11.8. The third-order valence-corrected chi connectivity index (χ3v) is 3.63. The molecule has 17 heavy (non-hydrogen) atoms. The van der Waals surface area contributed by atoms with E-state index in [4.69, 9.17) is 23.2 Å². The molecule has 2 aromatic rings. The molecule has 0 aromatic carbocycles. The van der Waals surface area contributed by atoms with Crippen LogP contribution in [-0.2, 0) is 0 Å². The van der Waals surface area contributed by atoms with Gasteiger partial charge in [0.15, 0.2) is 5.13 Å². The van der Waals surface area contributed by atoms with Crippen molar-refractivity contribution >= 4 is 61.5 Å². The molecule has 0 radical (unpaired) electrons. The highest BCUT2D eigenvalue weighted by Crippen LogP contribution is 2.24. The number of hydrogen-bond donors (Lipinski definition) is 1. The minimum absolute atomic E-state index is 0.0745. The minimum atomic E-state index is -0.445. The molecule has 1 amide bonds. The third-order valence-electron chi connectivity index (χ3n) is 1.73. The molecule has 0 unspecified atom stereocenters. The fraction of sp³-hybridized carbons (Fsp3) is 0. The van der Waals surface area contributed by atoms with Crippen LogP contribution in [0.25, 0.3) is 0 Å². The molecule has 0 aliphatic rings. The quantitative estimate of drug-likeness (QED) is 0.835. The molecule has 0 saturated heterocycles. The first kappa shape index (κ1) is 12.8. The van der Waals surface area contributed by atoms with Crippen LogP contribution in [0.3, 0.4) is 0 Å². The molecule has 0 aliphatic carbocycles. The van der Waals surface area contributed by atoms with Crippen molar-refractivity contribution in [2.75, 3.05) is 5.32 Å². The lowest BCUT2D eigenvalue weighted by Crippen LogP contribution is -2.14. The first-order valence-corrected chi connectivity index (χ1v) is 6.67. The van der Waals surface area contributed by atoms with E-state index in [0.29, 0.717) is 5.13 Å². The number of hydrogen-bond acceptors (Lipinski definition) is 4. The molecule has 2 heterocycles. The van der Waals surface area contributed by atoms with E-state index in [9.17, 15) is 4.79 Å². The minimum Gasteiger partial charge on any atom is -0.296 e. The molecule has 0 fully saturated rings. The summed E-state index contributed by atoms with van der Waals surface area (Å²) in [5, 5.41) is 3.48. The number of amides is 1. The SMILES string of the molecule is O=C(Nc1ncc(Br)s1)c1nc(Cl)ccc1Cl. The van der Waals surface area contributed by atoms with Gasteiger partial charge < -0.3 is 0 Å². The van der Waals surface area contributed by atoms with Gasteiger partial charge in [0.2, 0.25) is 0 Å². The summed E-state index contributed by atoms with van der Waals surface area (Å²) in [6, 6.07) is 3.03. The molecule has 1 N–H and O–H groups in total. The van der Waals surface area contributed by atoms with Gasteiger partial charge in [-0.1, -0.05) is 34.5 Å². The topological polar surface area (TPSA) is 54.9 Å². The number of thiazole rings is 1. The lowest BCUT2D eigenvalue weighted by molar-refractivity contribution is 0.102. The summed E-state index contributed by atoms with van der Waals surface area (Å²) in [5.41, 5.74) is 0.0745. The van der Waals surface area contributed by atoms with Crippen LogP contribution in [0.1, 0.15) is 10.5 Å². The van der Waals surface area contributed by atoms with Crippen LogP contribution in [0, 0.1) is 0 Å². The first-order chi connectivity index (χ1) is 8.06. The smallest absolute Gasteiger partial charge is 0.277 e. The zero-order chi connectivity index (χ0) is 12.4. The van der Waals surface area contributed by atoms with Gasteiger partial charge in [0.1, 0.15) is 10.8 Å². The number of pyridine rings is 1. The van der Waals surface area contributed by atoms with Gasteiger partial charge in [-0.25, -0.2) is 9.97 Å². The molecular formula is C9H4BrCl2N3OS. The Morgan fingerprint density at radius 3 is 2.82 bits per heavy atom. The Kier molecular flexibility index (Phi) is 3.98. The van der Waals surface area contributed by atoms with E-state index >= 15 is 0 Å². The van der Waals surface area contributed by atoms with Gasteiger partial charge in [-0.2, -0.15) is 0 Å².